The van der Waals surface area contributed by atoms with Gasteiger partial charge in [0.15, 0.2) is 0 Å². The van der Waals surface area contributed by atoms with Crippen molar-refractivity contribution in [2.75, 3.05) is 27.2 Å². The number of aromatic nitrogens is 1. The number of nitrogens with one attached hydrogen (secondary N) is 1. The molecule has 2 amide bonds. The van der Waals surface area contributed by atoms with E-state index < -0.39 is 11.5 Å². The van der Waals surface area contributed by atoms with E-state index in [1.54, 1.807) is 32.0 Å². The quantitative estimate of drug-likeness (QED) is 0.271. The smallest absolute Gasteiger partial charge is 0.255 e. The van der Waals surface area contributed by atoms with E-state index in [0.717, 1.165) is 50.6 Å². The number of carbonyl (C=O) groups is 2. The number of hydrogen-bond acceptors (Lipinski definition) is 8. The number of nitrogens with zero attached hydrogens (tertiary/aromatic N) is 2. The molecule has 1 aromatic carbocycles. The van der Waals surface area contributed by atoms with Crippen LogP contribution in [0, 0.1) is 5.41 Å². The molecule has 1 spiro atoms. The van der Waals surface area contributed by atoms with Gasteiger partial charge in [-0.15, -0.1) is 0 Å². The lowest BCUT2D eigenvalue weighted by molar-refractivity contribution is -0.122. The van der Waals surface area contributed by atoms with Crippen molar-refractivity contribution < 1.29 is 24.2 Å². The maximum atomic E-state index is 13.0. The van der Waals surface area contributed by atoms with Gasteiger partial charge in [0.25, 0.3) is 11.8 Å². The number of amides is 2. The van der Waals surface area contributed by atoms with Crippen LogP contribution in [-0.2, 0) is 11.2 Å². The Morgan fingerprint density at radius 1 is 1.20 bits per heavy atom. The second-order valence-corrected chi connectivity index (χ2v) is 12.4. The number of ether oxygens (including phenoxy) is 2. The second-order valence-electron chi connectivity index (χ2n) is 12.4. The topological polar surface area (TPSA) is 153 Å². The summed E-state index contributed by atoms with van der Waals surface area (Å²) in [4.78, 5) is 31.4. The Labute approximate surface area is 242 Å². The van der Waals surface area contributed by atoms with Crippen LogP contribution in [0.1, 0.15) is 67.6 Å². The summed E-state index contributed by atoms with van der Waals surface area (Å²) in [6.45, 7) is 4.42. The predicted molar refractivity (Wildman–Crippen MR) is 157 cm³/mol. The number of benzene rings is 1. The van der Waals surface area contributed by atoms with Crippen LogP contribution in [0.2, 0.25) is 0 Å². The van der Waals surface area contributed by atoms with Crippen LogP contribution in [-0.4, -0.2) is 71.8 Å². The minimum absolute atomic E-state index is 0.0163. The summed E-state index contributed by atoms with van der Waals surface area (Å²) in [7, 11) is 4.10. The molecule has 10 nitrogen and oxygen atoms in total. The van der Waals surface area contributed by atoms with E-state index in [4.69, 9.17) is 20.9 Å². The van der Waals surface area contributed by atoms with E-state index >= 15 is 0 Å². The van der Waals surface area contributed by atoms with Crippen molar-refractivity contribution in [2.24, 2.45) is 16.9 Å². The van der Waals surface area contributed by atoms with Gasteiger partial charge in [-0.05, 0) is 108 Å². The first-order valence-corrected chi connectivity index (χ1v) is 14.1. The van der Waals surface area contributed by atoms with Gasteiger partial charge in [-0.1, -0.05) is 6.07 Å². The van der Waals surface area contributed by atoms with Gasteiger partial charge >= 0.3 is 0 Å². The van der Waals surface area contributed by atoms with Crippen molar-refractivity contribution in [3.05, 3.63) is 59.5 Å². The van der Waals surface area contributed by atoms with Gasteiger partial charge in [0.1, 0.15) is 18.1 Å². The molecule has 2 aliphatic carbocycles. The van der Waals surface area contributed by atoms with Gasteiger partial charge < -0.3 is 36.3 Å². The summed E-state index contributed by atoms with van der Waals surface area (Å²) >= 11 is 0. The van der Waals surface area contributed by atoms with Gasteiger partial charge in [-0.2, -0.15) is 0 Å². The molecule has 0 bridgehead atoms. The SMILES string of the molecule is CN(C)CCCc1ccc(C(N)=O)c(OC2CC3(CC(NC(=O)C(=CN)c4ccc(OCC(C)(C)O)cn4)C3)C2)c1. The first kappa shape index (κ1) is 30.3. The predicted octanol–water partition coefficient (Wildman–Crippen LogP) is 2.63. The summed E-state index contributed by atoms with van der Waals surface area (Å²) in [5.41, 5.74) is 12.8. The van der Waals surface area contributed by atoms with E-state index in [2.05, 4.69) is 29.3 Å². The molecule has 2 saturated carbocycles. The van der Waals surface area contributed by atoms with E-state index in [9.17, 15) is 14.7 Å². The number of aliphatic hydroxyl groups is 1. The van der Waals surface area contributed by atoms with Crippen LogP contribution in [0.5, 0.6) is 11.5 Å². The first-order chi connectivity index (χ1) is 19.4. The summed E-state index contributed by atoms with van der Waals surface area (Å²) in [6, 6.07) is 9.08. The highest BCUT2D eigenvalue weighted by Gasteiger charge is 2.54. The molecule has 1 aromatic heterocycles. The number of aryl methyl sites for hydroxylation is 1. The zero-order chi connectivity index (χ0) is 29.8. The largest absolute Gasteiger partial charge is 0.490 e. The first-order valence-electron chi connectivity index (χ1n) is 14.1. The van der Waals surface area contributed by atoms with E-state index in [1.807, 2.05) is 12.1 Å². The van der Waals surface area contributed by atoms with Crippen molar-refractivity contribution in [1.82, 2.24) is 15.2 Å². The maximum Gasteiger partial charge on any atom is 0.255 e. The number of carbonyl (C=O) groups excluding carboxylic acids is 2. The molecule has 41 heavy (non-hydrogen) atoms. The van der Waals surface area contributed by atoms with Gasteiger partial charge in [0, 0.05) is 12.2 Å². The lowest BCUT2D eigenvalue weighted by atomic mass is 9.53. The summed E-state index contributed by atoms with van der Waals surface area (Å²) in [5.74, 6) is 0.295. The van der Waals surface area contributed by atoms with Crippen LogP contribution in [0.4, 0.5) is 0 Å². The number of nitrogens with two attached hydrogens (primary N) is 2. The average Bonchev–Trinajstić information content (AvgIpc) is 2.85. The molecular weight excluding hydrogens is 522 g/mol. The number of primary amides is 1. The van der Waals surface area contributed by atoms with E-state index in [1.165, 1.54) is 12.4 Å². The van der Waals surface area contributed by atoms with Gasteiger partial charge in [-0.25, -0.2) is 0 Å². The van der Waals surface area contributed by atoms with Crippen LogP contribution < -0.4 is 26.3 Å². The molecule has 1 heterocycles. The zero-order valence-electron chi connectivity index (χ0n) is 24.5. The van der Waals surface area contributed by atoms with Crippen molar-refractivity contribution in [3.8, 4) is 11.5 Å². The molecule has 0 saturated heterocycles. The van der Waals surface area contributed by atoms with Gasteiger partial charge in [0.2, 0.25) is 0 Å². The third-order valence-corrected chi connectivity index (χ3v) is 7.71. The Balaban J connectivity index is 1.26. The van der Waals surface area contributed by atoms with Crippen molar-refractivity contribution in [3.63, 3.8) is 0 Å². The monoisotopic (exact) mass is 565 g/mol. The second kappa shape index (κ2) is 12.5. The summed E-state index contributed by atoms with van der Waals surface area (Å²) in [5, 5.41) is 12.9. The molecule has 10 heteroatoms. The Kier molecular flexibility index (Phi) is 9.24. The molecule has 6 N–H and O–H groups in total. The molecule has 0 aliphatic heterocycles. The number of hydrogen-bond donors (Lipinski definition) is 4. The number of rotatable bonds is 13. The Hall–Kier alpha value is -3.63. The fourth-order valence-electron chi connectivity index (χ4n) is 5.64. The van der Waals surface area contributed by atoms with Crippen molar-refractivity contribution in [1.29, 1.82) is 0 Å². The molecule has 4 rings (SSSR count). The standard InChI is InChI=1S/C31H43N5O5/c1-30(2,39)19-40-22-8-10-26(34-18-22)25(17-32)29(38)35-21-13-31(14-21)15-23(16-31)41-27-12-20(6-5-11-36(3)4)7-9-24(27)28(33)37/h7-10,12,17-18,21,23,39H,5-6,11,13-16,19,32H2,1-4H3,(H2,33,37)(H,35,38). The average molecular weight is 566 g/mol. The van der Waals surface area contributed by atoms with Gasteiger partial charge in [0.05, 0.1) is 34.7 Å². The molecule has 2 aliphatic rings. The zero-order valence-corrected chi connectivity index (χ0v) is 24.5. The third-order valence-electron chi connectivity index (χ3n) is 7.71. The summed E-state index contributed by atoms with van der Waals surface area (Å²) < 4.78 is 11.8. The minimum atomic E-state index is -0.962. The molecule has 2 fully saturated rings. The molecular formula is C31H43N5O5. The number of pyridine rings is 1. The molecule has 0 radical (unpaired) electrons. The Bertz CT molecular complexity index is 1250. The fraction of sp³-hybridized carbons (Fsp3) is 0.516. The van der Waals surface area contributed by atoms with Crippen LogP contribution in [0.15, 0.2) is 42.7 Å². The molecule has 0 unspecified atom stereocenters. The lowest BCUT2D eigenvalue weighted by Crippen LogP contribution is -2.58. The highest BCUT2D eigenvalue weighted by atomic mass is 16.5. The van der Waals surface area contributed by atoms with Crippen LogP contribution >= 0.6 is 0 Å². The highest BCUT2D eigenvalue weighted by Crippen LogP contribution is 2.57. The van der Waals surface area contributed by atoms with Gasteiger partial charge in [-0.3, -0.25) is 14.6 Å². The molecule has 0 atom stereocenters. The maximum absolute atomic E-state index is 13.0. The third kappa shape index (κ3) is 7.98. The Morgan fingerprint density at radius 3 is 2.51 bits per heavy atom. The highest BCUT2D eigenvalue weighted by molar-refractivity contribution is 6.18. The molecule has 222 valence electrons. The van der Waals surface area contributed by atoms with E-state index in [0.29, 0.717) is 28.3 Å². The minimum Gasteiger partial charge on any atom is -0.490 e. The lowest BCUT2D eigenvalue weighted by Gasteiger charge is -2.57. The van der Waals surface area contributed by atoms with Crippen molar-refractivity contribution >= 4 is 17.4 Å². The fourth-order valence-corrected chi connectivity index (χ4v) is 5.64. The Morgan fingerprint density at radius 2 is 1.93 bits per heavy atom. The van der Waals surface area contributed by atoms with E-state index in [-0.39, 0.29) is 30.1 Å². The normalized spacial score (nSPS) is 22.1. The van der Waals surface area contributed by atoms with Crippen LogP contribution in [0.25, 0.3) is 5.57 Å². The molecule has 2 aromatic rings. The van der Waals surface area contributed by atoms with Crippen molar-refractivity contribution in [2.45, 2.75) is 70.1 Å². The van der Waals surface area contributed by atoms with Crippen LogP contribution in [0.3, 0.4) is 0 Å². The summed E-state index contributed by atoms with van der Waals surface area (Å²) in [6.07, 6.45) is 8.17.